The van der Waals surface area contributed by atoms with E-state index < -0.39 is 11.5 Å². The molecule has 0 atom stereocenters. The van der Waals surface area contributed by atoms with Gasteiger partial charge >= 0.3 is 5.97 Å². The lowest BCUT2D eigenvalue weighted by Gasteiger charge is -2.29. The fourth-order valence-corrected chi connectivity index (χ4v) is 2.27. The molecular weight excluding hydrogens is 220 g/mol. The van der Waals surface area contributed by atoms with Crippen LogP contribution in [-0.2, 0) is 9.59 Å². The van der Waals surface area contributed by atoms with Gasteiger partial charge in [0.2, 0.25) is 5.91 Å². The van der Waals surface area contributed by atoms with E-state index in [-0.39, 0.29) is 12.5 Å². The van der Waals surface area contributed by atoms with Gasteiger partial charge in [0, 0.05) is 0 Å². The number of carbonyl (C=O) groups is 2. The van der Waals surface area contributed by atoms with Gasteiger partial charge in [0.15, 0.2) is 0 Å². The third-order valence-corrected chi connectivity index (χ3v) is 3.28. The molecule has 1 aliphatic rings. The van der Waals surface area contributed by atoms with Crippen LogP contribution < -0.4 is 10.6 Å². The molecule has 5 nitrogen and oxygen atoms in total. The molecule has 3 N–H and O–H groups in total. The Hall–Kier alpha value is -1.10. The second-order valence-electron chi connectivity index (χ2n) is 4.63. The van der Waals surface area contributed by atoms with Crippen molar-refractivity contribution in [3.63, 3.8) is 0 Å². The van der Waals surface area contributed by atoms with Crippen LogP contribution in [0.15, 0.2) is 0 Å². The maximum atomic E-state index is 11.7. The maximum absolute atomic E-state index is 11.7. The zero-order valence-electron chi connectivity index (χ0n) is 10.4. The Morgan fingerprint density at radius 2 is 1.76 bits per heavy atom. The Labute approximate surface area is 102 Å². The second kappa shape index (κ2) is 6.59. The normalized spacial score (nSPS) is 19.4. The Bertz CT molecular complexity index is 271. The number of nitrogens with one attached hydrogen (secondary N) is 2. The van der Waals surface area contributed by atoms with Gasteiger partial charge in [-0.2, -0.15) is 0 Å². The standard InChI is InChI=1S/C12H22N2O3/c1-2-13-9-10(15)14-12(11(16)17)7-5-3-4-6-8-12/h13H,2-9H2,1H3,(H,14,15)(H,16,17). The van der Waals surface area contributed by atoms with Gasteiger partial charge in [-0.05, 0) is 19.4 Å². The SMILES string of the molecule is CCNCC(=O)NC1(C(=O)O)CCCCCC1. The summed E-state index contributed by atoms with van der Waals surface area (Å²) in [5, 5.41) is 15.0. The van der Waals surface area contributed by atoms with E-state index in [4.69, 9.17) is 0 Å². The Balaban J connectivity index is 2.63. The number of carboxylic acids is 1. The van der Waals surface area contributed by atoms with Crippen molar-refractivity contribution in [1.29, 1.82) is 0 Å². The number of aliphatic carboxylic acids is 1. The first-order valence-electron chi connectivity index (χ1n) is 6.36. The highest BCUT2D eigenvalue weighted by molar-refractivity contribution is 5.87. The smallest absolute Gasteiger partial charge is 0.329 e. The first-order valence-corrected chi connectivity index (χ1v) is 6.36. The van der Waals surface area contributed by atoms with Crippen LogP contribution in [-0.4, -0.2) is 35.6 Å². The molecule has 0 radical (unpaired) electrons. The van der Waals surface area contributed by atoms with Gasteiger partial charge in [0.25, 0.3) is 0 Å². The molecule has 1 amide bonds. The summed E-state index contributed by atoms with van der Waals surface area (Å²) < 4.78 is 0. The van der Waals surface area contributed by atoms with E-state index in [9.17, 15) is 14.7 Å². The molecule has 1 saturated carbocycles. The lowest BCUT2D eigenvalue weighted by molar-refractivity contribution is -0.148. The summed E-state index contributed by atoms with van der Waals surface area (Å²) in [5.74, 6) is -1.12. The molecule has 0 saturated heterocycles. The summed E-state index contributed by atoms with van der Waals surface area (Å²) in [5.41, 5.74) is -1.04. The van der Waals surface area contributed by atoms with Gasteiger partial charge in [0.1, 0.15) is 5.54 Å². The average Bonchev–Trinajstić information content (AvgIpc) is 2.53. The quantitative estimate of drug-likeness (QED) is 0.626. The molecule has 0 unspecified atom stereocenters. The molecule has 5 heteroatoms. The Kier molecular flexibility index (Phi) is 5.41. The zero-order valence-corrected chi connectivity index (χ0v) is 10.4. The summed E-state index contributed by atoms with van der Waals surface area (Å²) in [6.45, 7) is 2.80. The van der Waals surface area contributed by atoms with Gasteiger partial charge in [-0.3, -0.25) is 4.79 Å². The van der Waals surface area contributed by atoms with Crippen molar-refractivity contribution < 1.29 is 14.7 Å². The Morgan fingerprint density at radius 1 is 1.18 bits per heavy atom. The van der Waals surface area contributed by atoms with Crippen LogP contribution in [0.25, 0.3) is 0 Å². The second-order valence-corrected chi connectivity index (χ2v) is 4.63. The zero-order chi connectivity index (χ0) is 12.7. The fourth-order valence-electron chi connectivity index (χ4n) is 2.27. The third-order valence-electron chi connectivity index (χ3n) is 3.28. The summed E-state index contributed by atoms with van der Waals surface area (Å²) in [4.78, 5) is 23.1. The van der Waals surface area contributed by atoms with Crippen molar-refractivity contribution in [2.45, 2.75) is 51.0 Å². The predicted molar refractivity (Wildman–Crippen MR) is 64.8 cm³/mol. The topological polar surface area (TPSA) is 78.4 Å². The van der Waals surface area contributed by atoms with E-state index in [0.29, 0.717) is 19.4 Å². The highest BCUT2D eigenvalue weighted by Crippen LogP contribution is 2.27. The predicted octanol–water partition coefficient (Wildman–Crippen LogP) is 0.890. The van der Waals surface area contributed by atoms with Crippen molar-refractivity contribution in [2.75, 3.05) is 13.1 Å². The molecule has 1 fully saturated rings. The molecule has 0 bridgehead atoms. The number of amides is 1. The minimum Gasteiger partial charge on any atom is -0.480 e. The highest BCUT2D eigenvalue weighted by atomic mass is 16.4. The van der Waals surface area contributed by atoms with Crippen LogP contribution in [0.1, 0.15) is 45.4 Å². The Morgan fingerprint density at radius 3 is 2.24 bits per heavy atom. The van der Waals surface area contributed by atoms with E-state index in [1.54, 1.807) is 0 Å². The van der Waals surface area contributed by atoms with E-state index >= 15 is 0 Å². The van der Waals surface area contributed by atoms with Crippen LogP contribution in [0.2, 0.25) is 0 Å². The molecule has 1 aliphatic carbocycles. The molecule has 0 aliphatic heterocycles. The van der Waals surface area contributed by atoms with Gasteiger partial charge in [-0.15, -0.1) is 0 Å². The van der Waals surface area contributed by atoms with Crippen molar-refractivity contribution in [1.82, 2.24) is 10.6 Å². The number of hydrogen-bond donors (Lipinski definition) is 3. The molecule has 17 heavy (non-hydrogen) atoms. The fraction of sp³-hybridized carbons (Fsp3) is 0.833. The monoisotopic (exact) mass is 242 g/mol. The summed E-state index contributed by atoms with van der Waals surface area (Å²) in [7, 11) is 0. The highest BCUT2D eigenvalue weighted by Gasteiger charge is 2.39. The van der Waals surface area contributed by atoms with E-state index in [0.717, 1.165) is 25.7 Å². The molecule has 0 aromatic rings. The molecule has 0 aromatic heterocycles. The molecule has 1 rings (SSSR count). The van der Waals surface area contributed by atoms with Gasteiger partial charge in [-0.1, -0.05) is 32.6 Å². The first-order chi connectivity index (χ1) is 8.10. The molecular formula is C12H22N2O3. The van der Waals surface area contributed by atoms with Crippen molar-refractivity contribution in [3.8, 4) is 0 Å². The lowest BCUT2D eigenvalue weighted by Crippen LogP contribution is -2.56. The average molecular weight is 242 g/mol. The largest absolute Gasteiger partial charge is 0.480 e. The number of carboxylic acid groups (broad SMARTS) is 1. The van der Waals surface area contributed by atoms with Crippen LogP contribution >= 0.6 is 0 Å². The van der Waals surface area contributed by atoms with Crippen LogP contribution in [0.5, 0.6) is 0 Å². The van der Waals surface area contributed by atoms with Crippen LogP contribution in [0.3, 0.4) is 0 Å². The molecule has 0 aromatic carbocycles. The van der Waals surface area contributed by atoms with Crippen LogP contribution in [0.4, 0.5) is 0 Å². The van der Waals surface area contributed by atoms with E-state index in [1.807, 2.05) is 6.92 Å². The summed E-state index contributed by atoms with van der Waals surface area (Å²) in [6.07, 6.45) is 4.93. The molecule has 98 valence electrons. The minimum atomic E-state index is -1.04. The van der Waals surface area contributed by atoms with Gasteiger partial charge < -0.3 is 15.7 Å². The van der Waals surface area contributed by atoms with Crippen LogP contribution in [0, 0.1) is 0 Å². The maximum Gasteiger partial charge on any atom is 0.329 e. The van der Waals surface area contributed by atoms with Crippen molar-refractivity contribution in [3.05, 3.63) is 0 Å². The summed E-state index contributed by atoms with van der Waals surface area (Å²) >= 11 is 0. The lowest BCUT2D eigenvalue weighted by atomic mass is 9.90. The third kappa shape index (κ3) is 4.00. The van der Waals surface area contributed by atoms with Gasteiger partial charge in [-0.25, -0.2) is 4.79 Å². The van der Waals surface area contributed by atoms with Crippen molar-refractivity contribution >= 4 is 11.9 Å². The minimum absolute atomic E-state index is 0.186. The summed E-state index contributed by atoms with van der Waals surface area (Å²) in [6, 6.07) is 0. The molecule has 0 heterocycles. The van der Waals surface area contributed by atoms with Gasteiger partial charge in [0.05, 0.1) is 6.54 Å². The number of likely N-dealkylation sites (N-methyl/N-ethyl adjacent to an activating group) is 1. The van der Waals surface area contributed by atoms with Crippen molar-refractivity contribution in [2.24, 2.45) is 0 Å². The number of rotatable bonds is 5. The molecule has 0 spiro atoms. The first kappa shape index (κ1) is 14.0. The van der Waals surface area contributed by atoms with E-state index in [2.05, 4.69) is 10.6 Å². The number of hydrogen-bond acceptors (Lipinski definition) is 3. The van der Waals surface area contributed by atoms with E-state index in [1.165, 1.54) is 0 Å². The number of carbonyl (C=O) groups excluding carboxylic acids is 1.